The molecule has 2 fully saturated rings. The van der Waals surface area contributed by atoms with Crippen molar-refractivity contribution in [3.05, 3.63) is 29.3 Å². The lowest BCUT2D eigenvalue weighted by Crippen LogP contribution is -2.52. The molecule has 2 saturated heterocycles. The Bertz CT molecular complexity index is 747. The normalized spacial score (nSPS) is 22.1. The maximum absolute atomic E-state index is 5.99. The Kier molecular flexibility index (Phi) is 9.20. The van der Waals surface area contributed by atoms with E-state index in [0.717, 1.165) is 77.1 Å². The maximum Gasteiger partial charge on any atom is 0.191 e. The molecule has 2 aliphatic rings. The molecule has 1 unspecified atom stereocenters. The summed E-state index contributed by atoms with van der Waals surface area (Å²) in [6.45, 7) is 13.6. The van der Waals surface area contributed by atoms with Gasteiger partial charge in [-0.15, -0.1) is 0 Å². The molecular formula is C25H42N4O3. The van der Waals surface area contributed by atoms with E-state index in [1.807, 2.05) is 7.05 Å². The average Bonchev–Trinajstić information content (AvgIpc) is 2.79. The van der Waals surface area contributed by atoms with E-state index in [4.69, 9.17) is 14.2 Å². The maximum atomic E-state index is 5.99. The highest BCUT2D eigenvalue weighted by atomic mass is 16.5. The van der Waals surface area contributed by atoms with Gasteiger partial charge >= 0.3 is 0 Å². The Morgan fingerprint density at radius 3 is 2.72 bits per heavy atom. The predicted octanol–water partition coefficient (Wildman–Crippen LogP) is 2.57. The summed E-state index contributed by atoms with van der Waals surface area (Å²) in [5, 5.41) is 7.08. The zero-order valence-corrected chi connectivity index (χ0v) is 20.6. The minimum absolute atomic E-state index is 0.0529. The van der Waals surface area contributed by atoms with Crippen molar-refractivity contribution in [1.29, 1.82) is 0 Å². The number of aliphatic imine (C=N–C) groups is 1. The average molecular weight is 447 g/mol. The largest absolute Gasteiger partial charge is 0.496 e. The summed E-state index contributed by atoms with van der Waals surface area (Å²) in [7, 11) is 3.58. The molecule has 1 aromatic carbocycles. The summed E-state index contributed by atoms with van der Waals surface area (Å²) in [5.41, 5.74) is 2.45. The number of nitrogens with zero attached hydrogens (tertiary/aromatic N) is 2. The molecule has 180 valence electrons. The Hall–Kier alpha value is -1.83. The summed E-state index contributed by atoms with van der Waals surface area (Å²) in [4.78, 5) is 6.97. The second-order valence-corrected chi connectivity index (χ2v) is 9.55. The van der Waals surface area contributed by atoms with Crippen molar-refractivity contribution in [2.45, 2.75) is 45.1 Å². The molecule has 0 spiro atoms. The van der Waals surface area contributed by atoms with E-state index in [1.165, 1.54) is 11.1 Å². The van der Waals surface area contributed by atoms with Crippen LogP contribution in [0.4, 0.5) is 0 Å². The van der Waals surface area contributed by atoms with E-state index in [2.05, 4.69) is 59.5 Å². The predicted molar refractivity (Wildman–Crippen MR) is 130 cm³/mol. The van der Waals surface area contributed by atoms with Gasteiger partial charge < -0.3 is 24.8 Å². The van der Waals surface area contributed by atoms with Gasteiger partial charge in [0.2, 0.25) is 0 Å². The first kappa shape index (κ1) is 24.8. The molecule has 7 nitrogen and oxygen atoms in total. The molecule has 0 aliphatic carbocycles. The van der Waals surface area contributed by atoms with Crippen molar-refractivity contribution < 1.29 is 14.2 Å². The van der Waals surface area contributed by atoms with E-state index >= 15 is 0 Å². The molecule has 1 atom stereocenters. The quantitative estimate of drug-likeness (QED) is 0.473. The number of nitrogens with one attached hydrogen (secondary N) is 2. The highest BCUT2D eigenvalue weighted by molar-refractivity contribution is 5.79. The van der Waals surface area contributed by atoms with Gasteiger partial charge in [0.1, 0.15) is 5.75 Å². The van der Waals surface area contributed by atoms with Gasteiger partial charge in [-0.1, -0.05) is 31.5 Å². The first-order valence-corrected chi connectivity index (χ1v) is 12.0. The van der Waals surface area contributed by atoms with Gasteiger partial charge in [-0.3, -0.25) is 9.89 Å². The van der Waals surface area contributed by atoms with Crippen molar-refractivity contribution in [3.8, 4) is 5.75 Å². The van der Waals surface area contributed by atoms with Crippen LogP contribution in [0.2, 0.25) is 0 Å². The number of aryl methyl sites for hydroxylation is 1. The van der Waals surface area contributed by atoms with Gasteiger partial charge in [0.25, 0.3) is 0 Å². The standard InChI is InChI=1S/C25H42N4O3/c1-19(2)16-29-10-13-32-21(17-29)15-27-24(26-4)28-18-25(8-11-31-12-9-25)22-14-20(3)6-7-23(22)30-5/h6-7,14,19,21H,8-13,15-18H2,1-5H3,(H2,26,27,28). The van der Waals surface area contributed by atoms with E-state index in [1.54, 1.807) is 7.11 Å². The lowest BCUT2D eigenvalue weighted by molar-refractivity contribution is -0.0284. The first-order chi connectivity index (χ1) is 15.5. The van der Waals surface area contributed by atoms with Gasteiger partial charge in [0, 0.05) is 64.0 Å². The van der Waals surface area contributed by atoms with Gasteiger partial charge in [-0.05, 0) is 31.7 Å². The van der Waals surface area contributed by atoms with Gasteiger partial charge in [-0.2, -0.15) is 0 Å². The second-order valence-electron chi connectivity index (χ2n) is 9.55. The van der Waals surface area contributed by atoms with E-state index < -0.39 is 0 Å². The lowest BCUT2D eigenvalue weighted by atomic mass is 9.73. The highest BCUT2D eigenvalue weighted by Gasteiger charge is 2.37. The Morgan fingerprint density at radius 2 is 2.03 bits per heavy atom. The molecule has 0 saturated carbocycles. The van der Waals surface area contributed by atoms with E-state index in [-0.39, 0.29) is 11.5 Å². The molecule has 0 aromatic heterocycles. The SMILES string of the molecule is CN=C(NCC1CN(CC(C)C)CCO1)NCC1(c2cc(C)ccc2OC)CCOCC1. The third kappa shape index (κ3) is 6.59. The van der Waals surface area contributed by atoms with Crippen molar-refractivity contribution in [3.63, 3.8) is 0 Å². The van der Waals surface area contributed by atoms with Crippen LogP contribution in [0.25, 0.3) is 0 Å². The van der Waals surface area contributed by atoms with Crippen LogP contribution in [0.1, 0.15) is 37.8 Å². The third-order valence-corrected chi connectivity index (χ3v) is 6.54. The molecular weight excluding hydrogens is 404 g/mol. The van der Waals surface area contributed by atoms with Gasteiger partial charge in [0.05, 0.1) is 19.8 Å². The molecule has 32 heavy (non-hydrogen) atoms. The molecule has 0 amide bonds. The third-order valence-electron chi connectivity index (χ3n) is 6.54. The number of guanidine groups is 1. The summed E-state index contributed by atoms with van der Waals surface area (Å²) in [6, 6.07) is 6.45. The zero-order valence-electron chi connectivity index (χ0n) is 20.6. The van der Waals surface area contributed by atoms with Crippen molar-refractivity contribution in [1.82, 2.24) is 15.5 Å². The molecule has 2 heterocycles. The van der Waals surface area contributed by atoms with Crippen LogP contribution in [0.3, 0.4) is 0 Å². The lowest BCUT2D eigenvalue weighted by Gasteiger charge is -2.39. The zero-order chi connectivity index (χ0) is 23.0. The van der Waals surface area contributed by atoms with Crippen LogP contribution in [-0.2, 0) is 14.9 Å². The van der Waals surface area contributed by atoms with E-state index in [9.17, 15) is 0 Å². The van der Waals surface area contributed by atoms with Gasteiger partial charge in [0.15, 0.2) is 5.96 Å². The molecule has 0 bridgehead atoms. The summed E-state index contributed by atoms with van der Waals surface area (Å²) in [5.74, 6) is 2.43. The molecule has 3 rings (SSSR count). The monoisotopic (exact) mass is 446 g/mol. The Balaban J connectivity index is 1.62. The topological polar surface area (TPSA) is 67.4 Å². The first-order valence-electron chi connectivity index (χ1n) is 12.0. The van der Waals surface area contributed by atoms with Crippen molar-refractivity contribution >= 4 is 5.96 Å². The molecule has 7 heteroatoms. The molecule has 2 N–H and O–H groups in total. The molecule has 1 aromatic rings. The van der Waals surface area contributed by atoms with Crippen LogP contribution in [0.5, 0.6) is 5.75 Å². The fraction of sp³-hybridized carbons (Fsp3) is 0.720. The Labute approximate surface area is 193 Å². The van der Waals surface area contributed by atoms with Crippen molar-refractivity contribution in [2.75, 3.05) is 66.7 Å². The Morgan fingerprint density at radius 1 is 1.25 bits per heavy atom. The fourth-order valence-corrected chi connectivity index (χ4v) is 4.81. The second kappa shape index (κ2) is 11.9. The number of hydrogen-bond donors (Lipinski definition) is 2. The van der Waals surface area contributed by atoms with Gasteiger partial charge in [-0.25, -0.2) is 0 Å². The molecule has 0 radical (unpaired) electrons. The summed E-state index contributed by atoms with van der Waals surface area (Å²) in [6.07, 6.45) is 2.08. The molecule has 2 aliphatic heterocycles. The van der Waals surface area contributed by atoms with Crippen LogP contribution < -0.4 is 15.4 Å². The highest BCUT2D eigenvalue weighted by Crippen LogP contribution is 2.40. The smallest absolute Gasteiger partial charge is 0.191 e. The number of methoxy groups -OCH3 is 1. The van der Waals surface area contributed by atoms with Crippen LogP contribution >= 0.6 is 0 Å². The number of ether oxygens (including phenoxy) is 3. The van der Waals surface area contributed by atoms with Crippen LogP contribution in [0, 0.1) is 12.8 Å². The minimum Gasteiger partial charge on any atom is -0.496 e. The van der Waals surface area contributed by atoms with Crippen molar-refractivity contribution in [2.24, 2.45) is 10.9 Å². The summed E-state index contributed by atoms with van der Waals surface area (Å²) < 4.78 is 17.4. The minimum atomic E-state index is -0.0529. The summed E-state index contributed by atoms with van der Waals surface area (Å²) >= 11 is 0. The number of hydrogen-bond acceptors (Lipinski definition) is 5. The number of morpholine rings is 1. The van der Waals surface area contributed by atoms with E-state index in [0.29, 0.717) is 5.92 Å². The number of benzene rings is 1. The van der Waals surface area contributed by atoms with Crippen LogP contribution in [-0.4, -0.2) is 83.7 Å². The van der Waals surface area contributed by atoms with Crippen LogP contribution in [0.15, 0.2) is 23.2 Å². The number of rotatable bonds is 8. The fourth-order valence-electron chi connectivity index (χ4n) is 4.81.